The average Bonchev–Trinajstić information content (AvgIpc) is 3.23. The molecule has 3 aromatic rings. The predicted molar refractivity (Wildman–Crippen MR) is 126 cm³/mol. The van der Waals surface area contributed by atoms with Gasteiger partial charge in [0.15, 0.2) is 21.2 Å². The third kappa shape index (κ3) is 5.88. The number of hydrogen-bond donors (Lipinski definition) is 1. The molecule has 1 saturated heterocycles. The van der Waals surface area contributed by atoms with Crippen molar-refractivity contribution in [1.29, 1.82) is 0 Å². The third-order valence-electron chi connectivity index (χ3n) is 5.13. The highest BCUT2D eigenvalue weighted by Crippen LogP contribution is 2.35. The number of benzene rings is 1. The summed E-state index contributed by atoms with van der Waals surface area (Å²) in [6.45, 7) is 1.54. The fourth-order valence-corrected chi connectivity index (χ4v) is 4.82. The van der Waals surface area contributed by atoms with Gasteiger partial charge in [0.05, 0.1) is 12.1 Å². The summed E-state index contributed by atoms with van der Waals surface area (Å²) in [6, 6.07) is 2.21. The van der Waals surface area contributed by atoms with Gasteiger partial charge in [-0.1, -0.05) is 34.5 Å². The van der Waals surface area contributed by atoms with Crippen molar-refractivity contribution in [3.63, 3.8) is 0 Å². The fourth-order valence-electron chi connectivity index (χ4n) is 3.45. The van der Waals surface area contributed by atoms with Gasteiger partial charge in [-0.05, 0) is 12.1 Å². The second-order valence-corrected chi connectivity index (χ2v) is 9.33. The van der Waals surface area contributed by atoms with Crippen LogP contribution in [0.4, 0.5) is 23.1 Å². The summed E-state index contributed by atoms with van der Waals surface area (Å²) < 4.78 is 47.8. The van der Waals surface area contributed by atoms with Crippen LogP contribution in [0.1, 0.15) is 5.56 Å². The number of halogens is 5. The Balaban J connectivity index is 1.38. The van der Waals surface area contributed by atoms with Crippen LogP contribution in [0.5, 0.6) is 11.6 Å². The maximum atomic E-state index is 12.7. The summed E-state index contributed by atoms with van der Waals surface area (Å²) in [6.07, 6.45) is -3.84. The van der Waals surface area contributed by atoms with E-state index in [-0.39, 0.29) is 28.2 Å². The number of alkyl halides is 3. The molecule has 0 radical (unpaired) electrons. The SMILES string of the molecule is COc1ncnc2sc(NC(=O)N3CCN(Cc4cc(Cl)cc(Cl)c4OC(=O)C(F)(F)F)CC3)nc12. The molecule has 36 heavy (non-hydrogen) atoms. The first kappa shape index (κ1) is 26.1. The number of urea groups is 1. The molecule has 0 spiro atoms. The van der Waals surface area contributed by atoms with Gasteiger partial charge in [0.2, 0.25) is 5.88 Å². The molecule has 0 atom stereocenters. The highest BCUT2D eigenvalue weighted by Gasteiger charge is 2.42. The number of rotatable bonds is 5. The number of methoxy groups -OCH3 is 1. The Bertz CT molecular complexity index is 1300. The number of carbonyl (C=O) groups is 2. The minimum atomic E-state index is -5.18. The van der Waals surface area contributed by atoms with Gasteiger partial charge in [-0.15, -0.1) is 0 Å². The smallest absolute Gasteiger partial charge is 0.479 e. The number of nitrogens with zero attached hydrogens (tertiary/aromatic N) is 5. The molecule has 1 fully saturated rings. The van der Waals surface area contributed by atoms with E-state index in [0.717, 1.165) is 0 Å². The summed E-state index contributed by atoms with van der Waals surface area (Å²) >= 11 is 13.2. The van der Waals surface area contributed by atoms with Gasteiger partial charge in [0.25, 0.3) is 0 Å². The number of nitrogens with one attached hydrogen (secondary N) is 1. The van der Waals surface area contributed by atoms with Crippen LogP contribution in [0.2, 0.25) is 10.0 Å². The molecule has 16 heteroatoms. The lowest BCUT2D eigenvalue weighted by Gasteiger charge is -2.34. The topological polar surface area (TPSA) is 110 Å². The molecular formula is C20H17Cl2F3N6O4S. The van der Waals surface area contributed by atoms with Crippen LogP contribution in [-0.4, -0.2) is 76.2 Å². The lowest BCUT2D eigenvalue weighted by atomic mass is 10.1. The van der Waals surface area contributed by atoms with Crippen LogP contribution in [-0.2, 0) is 11.3 Å². The van der Waals surface area contributed by atoms with E-state index in [1.54, 1.807) is 4.90 Å². The van der Waals surface area contributed by atoms with Crippen LogP contribution < -0.4 is 14.8 Å². The van der Waals surface area contributed by atoms with E-state index in [9.17, 15) is 22.8 Å². The molecule has 0 unspecified atom stereocenters. The second-order valence-electron chi connectivity index (χ2n) is 7.51. The molecule has 0 saturated carbocycles. The van der Waals surface area contributed by atoms with Crippen molar-refractivity contribution < 1.29 is 32.2 Å². The van der Waals surface area contributed by atoms with Gasteiger partial charge >= 0.3 is 18.2 Å². The van der Waals surface area contributed by atoms with Gasteiger partial charge < -0.3 is 14.4 Å². The fraction of sp³-hybridized carbons (Fsp3) is 0.350. The molecule has 10 nitrogen and oxygen atoms in total. The molecule has 1 N–H and O–H groups in total. The van der Waals surface area contributed by atoms with Gasteiger partial charge in [-0.25, -0.2) is 19.6 Å². The number of hydrogen-bond acceptors (Lipinski definition) is 9. The van der Waals surface area contributed by atoms with Gasteiger partial charge in [0, 0.05) is 43.3 Å². The standard InChI is InChI=1S/C20H17Cl2F3N6O4S/c1-34-15-13-16(27-9-26-15)36-18(28-13)29-19(33)31-4-2-30(3-5-31)8-10-6-11(21)7-12(22)14(10)35-17(32)20(23,24)25/h6-7,9H,2-5,8H2,1H3,(H,28,29,33). The van der Waals surface area contributed by atoms with Crippen LogP contribution >= 0.6 is 34.5 Å². The quantitative estimate of drug-likeness (QED) is 0.362. The number of ether oxygens (including phenoxy) is 2. The summed E-state index contributed by atoms with van der Waals surface area (Å²) in [5, 5.41) is 3.02. The Morgan fingerprint density at radius 1 is 1.17 bits per heavy atom. The first-order valence-corrected chi connectivity index (χ1v) is 11.8. The normalized spacial score (nSPS) is 14.7. The minimum Gasteiger partial charge on any atom is -0.479 e. The van der Waals surface area contributed by atoms with Gasteiger partial charge in [0.1, 0.15) is 6.33 Å². The van der Waals surface area contributed by atoms with Crippen molar-refractivity contribution in [3.05, 3.63) is 34.1 Å². The molecule has 0 aliphatic carbocycles. The zero-order chi connectivity index (χ0) is 26.0. The van der Waals surface area contributed by atoms with Crippen molar-refractivity contribution in [1.82, 2.24) is 24.8 Å². The highest BCUT2D eigenvalue weighted by atomic mass is 35.5. The summed E-state index contributed by atoms with van der Waals surface area (Å²) in [4.78, 5) is 40.5. The first-order chi connectivity index (χ1) is 17.0. The van der Waals surface area contributed by atoms with Crippen molar-refractivity contribution in [2.75, 3.05) is 38.6 Å². The Labute approximate surface area is 215 Å². The molecule has 3 heterocycles. The van der Waals surface area contributed by atoms with Crippen molar-refractivity contribution in [3.8, 4) is 11.6 Å². The number of piperazine rings is 1. The van der Waals surface area contributed by atoms with Gasteiger partial charge in [-0.2, -0.15) is 18.2 Å². The monoisotopic (exact) mass is 564 g/mol. The van der Waals surface area contributed by atoms with E-state index in [1.807, 2.05) is 4.90 Å². The number of aromatic nitrogens is 3. The molecule has 192 valence electrons. The second kappa shape index (κ2) is 10.6. The Kier molecular flexibility index (Phi) is 7.68. The largest absolute Gasteiger partial charge is 0.491 e. The number of fused-ring (bicyclic) bond motifs is 1. The van der Waals surface area contributed by atoms with Crippen molar-refractivity contribution in [2.45, 2.75) is 12.7 Å². The molecule has 0 bridgehead atoms. The van der Waals surface area contributed by atoms with E-state index in [0.29, 0.717) is 47.5 Å². The molecule has 2 aromatic heterocycles. The summed E-state index contributed by atoms with van der Waals surface area (Å²) in [7, 11) is 1.46. The van der Waals surface area contributed by atoms with Crippen molar-refractivity contribution in [2.24, 2.45) is 0 Å². The summed E-state index contributed by atoms with van der Waals surface area (Å²) in [5.41, 5.74) is 0.653. The zero-order valence-electron chi connectivity index (χ0n) is 18.4. The predicted octanol–water partition coefficient (Wildman–Crippen LogP) is 4.22. The molecule has 1 aromatic carbocycles. The Morgan fingerprint density at radius 3 is 2.56 bits per heavy atom. The van der Waals surface area contributed by atoms with Crippen LogP contribution in [0.3, 0.4) is 0 Å². The molecule has 4 rings (SSSR count). The molecular weight excluding hydrogens is 548 g/mol. The highest BCUT2D eigenvalue weighted by molar-refractivity contribution is 7.22. The number of esters is 1. The number of thiazole rings is 1. The van der Waals surface area contributed by atoms with Crippen LogP contribution in [0.15, 0.2) is 18.5 Å². The lowest BCUT2D eigenvalue weighted by molar-refractivity contribution is -0.189. The molecule has 1 aliphatic rings. The zero-order valence-corrected chi connectivity index (χ0v) is 20.8. The maximum Gasteiger partial charge on any atom is 0.491 e. The van der Waals surface area contributed by atoms with Gasteiger partial charge in [-0.3, -0.25) is 10.2 Å². The van der Waals surface area contributed by atoms with E-state index in [2.05, 4.69) is 25.0 Å². The van der Waals surface area contributed by atoms with E-state index >= 15 is 0 Å². The van der Waals surface area contributed by atoms with E-state index in [4.69, 9.17) is 27.9 Å². The number of carbonyl (C=O) groups excluding carboxylic acids is 2. The first-order valence-electron chi connectivity index (χ1n) is 10.3. The van der Waals surface area contributed by atoms with Crippen LogP contribution in [0, 0.1) is 0 Å². The Hall–Kier alpha value is -2.94. The number of amides is 2. The minimum absolute atomic E-state index is 0.104. The van der Waals surface area contributed by atoms with Crippen LogP contribution in [0.25, 0.3) is 10.3 Å². The third-order valence-corrected chi connectivity index (χ3v) is 6.51. The van der Waals surface area contributed by atoms with E-state index < -0.39 is 17.9 Å². The molecule has 2 amide bonds. The summed E-state index contributed by atoms with van der Waals surface area (Å²) in [5.74, 6) is -2.49. The maximum absolute atomic E-state index is 12.7. The van der Waals surface area contributed by atoms with E-state index in [1.165, 1.54) is 36.9 Å². The molecule has 1 aliphatic heterocycles. The van der Waals surface area contributed by atoms with Crippen molar-refractivity contribution >= 4 is 62.0 Å². The lowest BCUT2D eigenvalue weighted by Crippen LogP contribution is -2.49. The number of anilines is 1. The average molecular weight is 565 g/mol. The Morgan fingerprint density at radius 2 is 1.89 bits per heavy atom.